The molecule has 0 amide bonds. The molecular formula is C50H92NO8P. The van der Waals surface area contributed by atoms with Crippen LogP contribution in [0.1, 0.15) is 206 Å². The molecule has 0 fully saturated rings. The standard InChI is InChI=1S/C50H92NO8P/c1-6-8-10-12-14-16-18-20-22-24-25-27-28-30-32-34-36-38-40-42-49(52)56-46-48(47-58-60(54,55)57-45-44-51(3,4)5)59-50(53)43-41-39-37-35-33-31-29-26-23-21-19-17-15-13-11-9-7-2/h14-17,20-23,48H,6-13,18-19,24-47H2,1-5H3/b16-14-,17-15-,22-20-,23-21-/t48-/m1/s1. The molecule has 0 aromatic rings. The van der Waals surface area contributed by atoms with Gasteiger partial charge in [0.1, 0.15) is 19.8 Å². The summed E-state index contributed by atoms with van der Waals surface area (Å²) in [4.78, 5) is 37.7. The zero-order valence-corrected chi connectivity index (χ0v) is 40.3. The van der Waals surface area contributed by atoms with Gasteiger partial charge in [0.2, 0.25) is 0 Å². The second-order valence-electron chi connectivity index (χ2n) is 17.5. The van der Waals surface area contributed by atoms with Crippen molar-refractivity contribution in [3.63, 3.8) is 0 Å². The molecule has 0 spiro atoms. The summed E-state index contributed by atoms with van der Waals surface area (Å²) in [5, 5.41) is 0. The molecule has 350 valence electrons. The van der Waals surface area contributed by atoms with Crippen molar-refractivity contribution >= 4 is 19.8 Å². The van der Waals surface area contributed by atoms with Gasteiger partial charge >= 0.3 is 11.9 Å². The largest absolute Gasteiger partial charge is 0.756 e. The number of carbonyl (C=O) groups excluding carboxylic acids is 2. The number of unbranched alkanes of at least 4 members (excludes halogenated alkanes) is 22. The van der Waals surface area contributed by atoms with Gasteiger partial charge in [-0.1, -0.05) is 165 Å². The van der Waals surface area contributed by atoms with E-state index in [9.17, 15) is 19.0 Å². The van der Waals surface area contributed by atoms with E-state index in [1.807, 2.05) is 21.1 Å². The molecule has 0 bridgehead atoms. The molecule has 0 radical (unpaired) electrons. The van der Waals surface area contributed by atoms with Crippen LogP contribution in [0.4, 0.5) is 0 Å². The molecule has 0 aliphatic heterocycles. The first-order chi connectivity index (χ1) is 29.0. The predicted molar refractivity (Wildman–Crippen MR) is 250 cm³/mol. The number of quaternary nitrogens is 1. The van der Waals surface area contributed by atoms with Gasteiger partial charge in [0.25, 0.3) is 7.82 Å². The van der Waals surface area contributed by atoms with Crippen LogP contribution in [-0.2, 0) is 32.7 Å². The lowest BCUT2D eigenvalue weighted by molar-refractivity contribution is -0.870. The van der Waals surface area contributed by atoms with Crippen LogP contribution < -0.4 is 4.89 Å². The number of allylic oxidation sites excluding steroid dienone is 8. The molecular weight excluding hydrogens is 774 g/mol. The highest BCUT2D eigenvalue weighted by Gasteiger charge is 2.21. The number of phosphoric ester groups is 1. The van der Waals surface area contributed by atoms with E-state index >= 15 is 0 Å². The highest BCUT2D eigenvalue weighted by molar-refractivity contribution is 7.45. The van der Waals surface area contributed by atoms with Crippen LogP contribution in [-0.4, -0.2) is 70.0 Å². The lowest BCUT2D eigenvalue weighted by Crippen LogP contribution is -2.37. The van der Waals surface area contributed by atoms with Crippen molar-refractivity contribution in [1.82, 2.24) is 0 Å². The maximum absolute atomic E-state index is 12.7. The molecule has 1 unspecified atom stereocenters. The third-order valence-electron chi connectivity index (χ3n) is 10.3. The van der Waals surface area contributed by atoms with Crippen molar-refractivity contribution in [3.05, 3.63) is 48.6 Å². The fourth-order valence-electron chi connectivity index (χ4n) is 6.48. The number of nitrogens with zero attached hydrogens (tertiary/aromatic N) is 1. The van der Waals surface area contributed by atoms with Crippen LogP contribution in [0.25, 0.3) is 0 Å². The normalized spacial score (nSPS) is 13.9. The fourth-order valence-corrected chi connectivity index (χ4v) is 7.21. The van der Waals surface area contributed by atoms with Gasteiger partial charge in [-0.3, -0.25) is 14.2 Å². The van der Waals surface area contributed by atoms with Gasteiger partial charge in [0, 0.05) is 12.8 Å². The number of hydrogen-bond donors (Lipinski definition) is 0. The summed E-state index contributed by atoms with van der Waals surface area (Å²) in [6.07, 6.45) is 49.8. The summed E-state index contributed by atoms with van der Waals surface area (Å²) in [6.45, 7) is 4.17. The summed E-state index contributed by atoms with van der Waals surface area (Å²) in [5.74, 6) is -0.846. The van der Waals surface area contributed by atoms with Crippen molar-refractivity contribution in [2.75, 3.05) is 47.5 Å². The number of likely N-dealkylation sites (N-methyl/N-ethyl adjacent to an activating group) is 1. The number of rotatable bonds is 44. The Kier molecular flexibility index (Phi) is 40.8. The van der Waals surface area contributed by atoms with Gasteiger partial charge in [-0.2, -0.15) is 0 Å². The molecule has 0 saturated heterocycles. The zero-order valence-electron chi connectivity index (χ0n) is 39.4. The molecule has 0 aliphatic carbocycles. The Morgan fingerprint density at radius 1 is 0.517 bits per heavy atom. The number of esters is 2. The first-order valence-corrected chi connectivity index (χ1v) is 25.8. The van der Waals surface area contributed by atoms with Crippen LogP contribution in [0.3, 0.4) is 0 Å². The summed E-state index contributed by atoms with van der Waals surface area (Å²) in [6, 6.07) is 0. The van der Waals surface area contributed by atoms with Gasteiger partial charge in [-0.05, 0) is 77.0 Å². The van der Waals surface area contributed by atoms with E-state index in [0.717, 1.165) is 70.6 Å². The number of ether oxygens (including phenoxy) is 2. The molecule has 0 aromatic carbocycles. The summed E-state index contributed by atoms with van der Waals surface area (Å²) in [5.41, 5.74) is 0. The van der Waals surface area contributed by atoms with Crippen LogP contribution in [0.15, 0.2) is 48.6 Å². The van der Waals surface area contributed by atoms with E-state index in [1.54, 1.807) is 0 Å². The van der Waals surface area contributed by atoms with E-state index in [0.29, 0.717) is 17.4 Å². The van der Waals surface area contributed by atoms with Gasteiger partial charge in [0.05, 0.1) is 27.7 Å². The van der Waals surface area contributed by atoms with Gasteiger partial charge < -0.3 is 27.9 Å². The van der Waals surface area contributed by atoms with Gasteiger partial charge in [0.15, 0.2) is 6.10 Å². The summed E-state index contributed by atoms with van der Waals surface area (Å²) < 4.78 is 34.0. The molecule has 10 heteroatoms. The molecule has 0 aliphatic rings. The molecule has 0 heterocycles. The van der Waals surface area contributed by atoms with E-state index in [1.165, 1.54) is 103 Å². The second-order valence-corrected chi connectivity index (χ2v) is 18.9. The minimum Gasteiger partial charge on any atom is -0.756 e. The highest BCUT2D eigenvalue weighted by atomic mass is 31.2. The maximum atomic E-state index is 12.7. The minimum atomic E-state index is -4.63. The van der Waals surface area contributed by atoms with Crippen LogP contribution in [0, 0.1) is 0 Å². The number of carbonyl (C=O) groups is 2. The average molecular weight is 866 g/mol. The first-order valence-electron chi connectivity index (χ1n) is 24.3. The van der Waals surface area contributed by atoms with Crippen LogP contribution >= 0.6 is 7.82 Å². The molecule has 60 heavy (non-hydrogen) atoms. The van der Waals surface area contributed by atoms with E-state index in [2.05, 4.69) is 62.5 Å². The Balaban J connectivity index is 4.30. The molecule has 0 N–H and O–H groups in total. The molecule has 0 aromatic heterocycles. The lowest BCUT2D eigenvalue weighted by Gasteiger charge is -2.28. The average Bonchev–Trinajstić information content (AvgIpc) is 3.20. The van der Waals surface area contributed by atoms with E-state index in [4.69, 9.17) is 18.5 Å². The Morgan fingerprint density at radius 2 is 0.900 bits per heavy atom. The lowest BCUT2D eigenvalue weighted by atomic mass is 10.1. The van der Waals surface area contributed by atoms with Crippen molar-refractivity contribution in [2.45, 2.75) is 213 Å². The minimum absolute atomic E-state index is 0.0343. The quantitative estimate of drug-likeness (QED) is 0.0196. The van der Waals surface area contributed by atoms with Gasteiger partial charge in [-0.25, -0.2) is 0 Å². The highest BCUT2D eigenvalue weighted by Crippen LogP contribution is 2.38. The monoisotopic (exact) mass is 866 g/mol. The van der Waals surface area contributed by atoms with Crippen molar-refractivity contribution in [3.8, 4) is 0 Å². The Labute approximate surface area is 369 Å². The smallest absolute Gasteiger partial charge is 0.306 e. The fraction of sp³-hybridized carbons (Fsp3) is 0.800. The van der Waals surface area contributed by atoms with Crippen molar-refractivity contribution in [2.24, 2.45) is 0 Å². The molecule has 2 atom stereocenters. The summed E-state index contributed by atoms with van der Waals surface area (Å²) >= 11 is 0. The number of hydrogen-bond acceptors (Lipinski definition) is 8. The third-order valence-corrected chi connectivity index (χ3v) is 11.3. The Hall–Kier alpha value is -2.03. The summed E-state index contributed by atoms with van der Waals surface area (Å²) in [7, 11) is 1.16. The van der Waals surface area contributed by atoms with Crippen LogP contribution in [0.2, 0.25) is 0 Å². The van der Waals surface area contributed by atoms with E-state index < -0.39 is 26.5 Å². The van der Waals surface area contributed by atoms with Gasteiger partial charge in [-0.15, -0.1) is 0 Å². The molecule has 0 saturated carbocycles. The second kappa shape index (κ2) is 42.3. The van der Waals surface area contributed by atoms with Crippen molar-refractivity contribution < 1.29 is 42.1 Å². The third kappa shape index (κ3) is 45.5. The van der Waals surface area contributed by atoms with Crippen LogP contribution in [0.5, 0.6) is 0 Å². The maximum Gasteiger partial charge on any atom is 0.306 e. The topological polar surface area (TPSA) is 111 Å². The van der Waals surface area contributed by atoms with Crippen molar-refractivity contribution in [1.29, 1.82) is 0 Å². The SMILES string of the molecule is CCCCC/C=C\C/C=C\CCCCCCCCCCCC(=O)OC[C@H](COP(=O)([O-])OCC[N+](C)(C)C)OC(=O)CCCCCCCCC/C=C\C/C=C\CCCCC. The first kappa shape index (κ1) is 58.0. The van der Waals surface area contributed by atoms with E-state index in [-0.39, 0.29) is 32.0 Å². The number of phosphoric acid groups is 1. The zero-order chi connectivity index (χ0) is 44.3. The predicted octanol–water partition coefficient (Wildman–Crippen LogP) is 13.6. The Morgan fingerprint density at radius 3 is 1.32 bits per heavy atom. The molecule has 9 nitrogen and oxygen atoms in total. The molecule has 0 rings (SSSR count). The Bertz CT molecular complexity index is 1160.